The van der Waals surface area contributed by atoms with Gasteiger partial charge in [-0.25, -0.2) is 0 Å². The van der Waals surface area contributed by atoms with Gasteiger partial charge in [0.15, 0.2) is 0 Å². The molecule has 1 aliphatic rings. The molecule has 0 bridgehead atoms. The Hall–Kier alpha value is -2.81. The summed E-state index contributed by atoms with van der Waals surface area (Å²) in [6.45, 7) is 1.89. The number of aryl methyl sites for hydroxylation is 2. The molecule has 1 amide bonds. The van der Waals surface area contributed by atoms with Gasteiger partial charge in [-0.05, 0) is 72.4 Å². The molecule has 1 atom stereocenters. The van der Waals surface area contributed by atoms with Crippen LogP contribution in [0.2, 0.25) is 0 Å². The van der Waals surface area contributed by atoms with Crippen molar-refractivity contribution in [3.8, 4) is 0 Å². The Kier molecular flexibility index (Phi) is 4.14. The van der Waals surface area contributed by atoms with Crippen LogP contribution in [-0.2, 0) is 17.6 Å². The Morgan fingerprint density at radius 2 is 1.64 bits per heavy atom. The van der Waals surface area contributed by atoms with E-state index in [2.05, 4.69) is 41.0 Å². The lowest BCUT2D eigenvalue weighted by molar-refractivity contribution is -0.116. The van der Waals surface area contributed by atoms with Crippen molar-refractivity contribution in [2.45, 2.75) is 32.2 Å². The molecule has 0 spiro atoms. The van der Waals surface area contributed by atoms with Gasteiger partial charge in [0.25, 0.3) is 0 Å². The minimum absolute atomic E-state index is 0.0317. The third-order valence-corrected chi connectivity index (χ3v) is 4.89. The zero-order valence-electron chi connectivity index (χ0n) is 14.4. The molecule has 3 heteroatoms. The van der Waals surface area contributed by atoms with E-state index >= 15 is 0 Å². The number of carbonyl (C=O) groups excluding carboxylic acids is 1. The Morgan fingerprint density at radius 3 is 2.52 bits per heavy atom. The average Bonchev–Trinajstić information content (AvgIpc) is 3.09. The topological polar surface area (TPSA) is 41.1 Å². The first-order chi connectivity index (χ1) is 12.2. The summed E-state index contributed by atoms with van der Waals surface area (Å²) in [5, 5.41) is 8.62. The lowest BCUT2D eigenvalue weighted by Gasteiger charge is -2.16. The second kappa shape index (κ2) is 6.60. The summed E-state index contributed by atoms with van der Waals surface area (Å²) in [6, 6.07) is 20.3. The molecule has 25 heavy (non-hydrogen) atoms. The van der Waals surface area contributed by atoms with Crippen LogP contribution in [0.15, 0.2) is 60.7 Å². The lowest BCUT2D eigenvalue weighted by Crippen LogP contribution is -2.31. The summed E-state index contributed by atoms with van der Waals surface area (Å²) in [6.07, 6.45) is 3.55. The molecule has 0 saturated carbocycles. The molecule has 1 aliphatic carbocycles. The Morgan fingerprint density at radius 1 is 0.880 bits per heavy atom. The third kappa shape index (κ3) is 3.36. The molecule has 0 aliphatic heterocycles. The van der Waals surface area contributed by atoms with Gasteiger partial charge in [-0.1, -0.05) is 36.4 Å². The van der Waals surface area contributed by atoms with Crippen LogP contribution >= 0.6 is 0 Å². The van der Waals surface area contributed by atoms with Gasteiger partial charge in [-0.2, -0.15) is 0 Å². The van der Waals surface area contributed by atoms with Gasteiger partial charge in [0, 0.05) is 11.4 Å². The van der Waals surface area contributed by atoms with Gasteiger partial charge in [0.1, 0.15) is 6.04 Å². The van der Waals surface area contributed by atoms with Crippen LogP contribution in [0.1, 0.15) is 24.5 Å². The fourth-order valence-electron chi connectivity index (χ4n) is 3.49. The van der Waals surface area contributed by atoms with E-state index in [0.717, 1.165) is 23.2 Å². The van der Waals surface area contributed by atoms with Gasteiger partial charge >= 0.3 is 0 Å². The van der Waals surface area contributed by atoms with Gasteiger partial charge in [-0.15, -0.1) is 0 Å². The molecule has 2 N–H and O–H groups in total. The van der Waals surface area contributed by atoms with E-state index < -0.39 is 0 Å². The predicted octanol–water partition coefficient (Wildman–Crippen LogP) is 4.77. The summed E-state index contributed by atoms with van der Waals surface area (Å²) in [5.41, 5.74) is 4.69. The highest BCUT2D eigenvalue weighted by Gasteiger charge is 2.15. The fourth-order valence-corrected chi connectivity index (χ4v) is 3.49. The highest BCUT2D eigenvalue weighted by Crippen LogP contribution is 2.25. The number of anilines is 2. The maximum absolute atomic E-state index is 12.5. The van der Waals surface area contributed by atoms with Crippen molar-refractivity contribution in [3.63, 3.8) is 0 Å². The van der Waals surface area contributed by atoms with Crippen molar-refractivity contribution >= 4 is 28.1 Å². The molecular weight excluding hydrogens is 308 g/mol. The first-order valence-corrected chi connectivity index (χ1v) is 8.87. The van der Waals surface area contributed by atoms with Gasteiger partial charge < -0.3 is 10.6 Å². The molecule has 3 aromatic rings. The standard InChI is InChI=1S/C22H22N2O/c1-15(23-20-11-9-17-7-4-8-19(17)13-20)22(25)24-21-12-10-16-5-2-3-6-18(16)14-21/h2-3,5-6,9-15,23H,4,7-8H2,1H3,(H,24,25)/t15-/m0/s1. The fraction of sp³-hybridized carbons (Fsp3) is 0.227. The van der Waals surface area contributed by atoms with Crippen LogP contribution in [0.25, 0.3) is 10.8 Å². The monoisotopic (exact) mass is 330 g/mol. The average molecular weight is 330 g/mol. The predicted molar refractivity (Wildman–Crippen MR) is 104 cm³/mol. The van der Waals surface area contributed by atoms with Gasteiger partial charge in [-0.3, -0.25) is 4.79 Å². The number of hydrogen-bond donors (Lipinski definition) is 2. The van der Waals surface area contributed by atoms with Crippen LogP contribution in [0.4, 0.5) is 11.4 Å². The quantitative estimate of drug-likeness (QED) is 0.723. The van der Waals surface area contributed by atoms with Crippen molar-refractivity contribution in [2.24, 2.45) is 0 Å². The summed E-state index contributed by atoms with van der Waals surface area (Å²) >= 11 is 0. The maximum Gasteiger partial charge on any atom is 0.246 e. The molecule has 0 heterocycles. The van der Waals surface area contributed by atoms with Crippen LogP contribution in [0.5, 0.6) is 0 Å². The SMILES string of the molecule is C[C@H](Nc1ccc2c(c1)CCC2)C(=O)Nc1ccc2ccccc2c1. The van der Waals surface area contributed by atoms with E-state index in [9.17, 15) is 4.79 Å². The molecule has 0 fully saturated rings. The second-order valence-corrected chi connectivity index (χ2v) is 6.75. The van der Waals surface area contributed by atoms with Crippen molar-refractivity contribution < 1.29 is 4.79 Å². The zero-order valence-corrected chi connectivity index (χ0v) is 14.4. The van der Waals surface area contributed by atoms with Crippen molar-refractivity contribution in [2.75, 3.05) is 10.6 Å². The first kappa shape index (κ1) is 15.7. The van der Waals surface area contributed by atoms with E-state index in [1.54, 1.807) is 0 Å². The minimum Gasteiger partial charge on any atom is -0.374 e. The number of nitrogens with one attached hydrogen (secondary N) is 2. The Bertz CT molecular complexity index is 932. The minimum atomic E-state index is -0.300. The van der Waals surface area contributed by atoms with Gasteiger partial charge in [0.2, 0.25) is 5.91 Å². The third-order valence-electron chi connectivity index (χ3n) is 4.89. The summed E-state index contributed by atoms with van der Waals surface area (Å²) in [4.78, 5) is 12.5. The number of hydrogen-bond acceptors (Lipinski definition) is 2. The molecule has 0 aromatic heterocycles. The smallest absolute Gasteiger partial charge is 0.246 e. The van der Waals surface area contributed by atoms with Crippen LogP contribution < -0.4 is 10.6 Å². The van der Waals surface area contributed by atoms with E-state index in [1.807, 2.05) is 37.3 Å². The highest BCUT2D eigenvalue weighted by molar-refractivity contribution is 5.98. The number of rotatable bonds is 4. The molecule has 3 aromatic carbocycles. The Balaban J connectivity index is 1.44. The van der Waals surface area contributed by atoms with E-state index in [1.165, 1.54) is 29.4 Å². The Labute approximate surface area is 148 Å². The molecule has 0 radical (unpaired) electrons. The zero-order chi connectivity index (χ0) is 17.2. The van der Waals surface area contributed by atoms with E-state index in [4.69, 9.17) is 0 Å². The number of amides is 1. The van der Waals surface area contributed by atoms with Crippen molar-refractivity contribution in [1.29, 1.82) is 0 Å². The maximum atomic E-state index is 12.5. The van der Waals surface area contributed by atoms with Crippen LogP contribution in [-0.4, -0.2) is 11.9 Å². The largest absolute Gasteiger partial charge is 0.374 e. The number of fused-ring (bicyclic) bond motifs is 2. The summed E-state index contributed by atoms with van der Waals surface area (Å²) in [7, 11) is 0. The number of carbonyl (C=O) groups is 1. The molecular formula is C22H22N2O. The molecule has 4 rings (SSSR count). The first-order valence-electron chi connectivity index (χ1n) is 8.87. The molecule has 0 unspecified atom stereocenters. The van der Waals surface area contributed by atoms with E-state index in [0.29, 0.717) is 0 Å². The van der Waals surface area contributed by atoms with Crippen molar-refractivity contribution in [1.82, 2.24) is 0 Å². The molecule has 126 valence electrons. The summed E-state index contributed by atoms with van der Waals surface area (Å²) < 4.78 is 0. The van der Waals surface area contributed by atoms with Crippen LogP contribution in [0, 0.1) is 0 Å². The van der Waals surface area contributed by atoms with Gasteiger partial charge in [0.05, 0.1) is 0 Å². The summed E-state index contributed by atoms with van der Waals surface area (Å²) in [5.74, 6) is -0.0317. The second-order valence-electron chi connectivity index (χ2n) is 6.75. The van der Waals surface area contributed by atoms with E-state index in [-0.39, 0.29) is 11.9 Å². The number of benzene rings is 3. The van der Waals surface area contributed by atoms with Crippen LogP contribution in [0.3, 0.4) is 0 Å². The van der Waals surface area contributed by atoms with Crippen molar-refractivity contribution in [3.05, 3.63) is 71.8 Å². The highest BCUT2D eigenvalue weighted by atomic mass is 16.2. The molecule has 0 saturated heterocycles. The normalized spacial score (nSPS) is 14.1. The molecule has 3 nitrogen and oxygen atoms in total. The lowest BCUT2D eigenvalue weighted by atomic mass is 10.1.